The molecule has 0 N–H and O–H groups in total. The summed E-state index contributed by atoms with van der Waals surface area (Å²) in [6.07, 6.45) is 8.49. The van der Waals surface area contributed by atoms with E-state index in [9.17, 15) is 5.26 Å². The molecule has 0 saturated carbocycles. The van der Waals surface area contributed by atoms with E-state index in [-0.39, 0.29) is 16.9 Å². The van der Waals surface area contributed by atoms with Crippen molar-refractivity contribution in [3.05, 3.63) is 34.6 Å². The van der Waals surface area contributed by atoms with E-state index >= 15 is 0 Å². The average Bonchev–Trinajstić information content (AvgIpc) is 2.77. The topological polar surface area (TPSA) is 80.6 Å². The van der Waals surface area contributed by atoms with Crippen LogP contribution in [-0.4, -0.2) is 5.60 Å². The van der Waals surface area contributed by atoms with Crippen molar-refractivity contribution in [2.24, 2.45) is 5.92 Å². The van der Waals surface area contributed by atoms with Crippen LogP contribution in [0.1, 0.15) is 53.4 Å². The molecule has 23 heavy (non-hydrogen) atoms. The fraction of sp³-hybridized carbons (Fsp3) is 0.526. The fourth-order valence-electron chi connectivity index (χ4n) is 2.79. The van der Waals surface area contributed by atoms with Crippen LogP contribution in [0.3, 0.4) is 0 Å². The third-order valence-corrected chi connectivity index (χ3v) is 3.92. The fourth-order valence-corrected chi connectivity index (χ4v) is 2.79. The Bertz CT molecular complexity index is 638. The van der Waals surface area contributed by atoms with Crippen LogP contribution in [-0.2, 0) is 4.74 Å². The van der Waals surface area contributed by atoms with Crippen molar-refractivity contribution < 1.29 is 4.74 Å². The second kappa shape index (κ2) is 8.21. The molecule has 0 amide bonds. The molecule has 120 valence electrons. The maximum atomic E-state index is 9.48. The molecule has 0 aliphatic carbocycles. The molecule has 1 rings (SSSR count). The van der Waals surface area contributed by atoms with Gasteiger partial charge in [0.05, 0.1) is 0 Å². The first-order chi connectivity index (χ1) is 10.9. The van der Waals surface area contributed by atoms with E-state index in [1.165, 1.54) is 0 Å². The van der Waals surface area contributed by atoms with Gasteiger partial charge >= 0.3 is 0 Å². The van der Waals surface area contributed by atoms with Crippen LogP contribution in [0.2, 0.25) is 0 Å². The summed E-state index contributed by atoms with van der Waals surface area (Å²) in [5.74, 6) is 0.567. The monoisotopic (exact) mass is 309 g/mol. The summed E-state index contributed by atoms with van der Waals surface area (Å²) in [4.78, 5) is 0. The molecule has 0 atom stereocenters. The van der Waals surface area contributed by atoms with Crippen LogP contribution < -0.4 is 0 Å². The molecular formula is C19H23N3O. The van der Waals surface area contributed by atoms with E-state index in [0.717, 1.165) is 31.3 Å². The lowest BCUT2D eigenvalue weighted by Gasteiger charge is -2.21. The SMILES string of the molecule is CCCC(/C=C/C1=C(C#N)C(=C(C#N)C#N)OC1(C)C)CCC. The number of hydrogen-bond acceptors (Lipinski definition) is 4. The summed E-state index contributed by atoms with van der Waals surface area (Å²) < 4.78 is 5.75. The maximum absolute atomic E-state index is 9.48. The number of nitriles is 3. The molecule has 4 heteroatoms. The van der Waals surface area contributed by atoms with Gasteiger partial charge in [0.25, 0.3) is 0 Å². The van der Waals surface area contributed by atoms with Gasteiger partial charge in [-0.2, -0.15) is 15.8 Å². The lowest BCUT2D eigenvalue weighted by molar-refractivity contribution is 0.0953. The largest absolute Gasteiger partial charge is 0.480 e. The van der Waals surface area contributed by atoms with Gasteiger partial charge in [-0.3, -0.25) is 0 Å². The van der Waals surface area contributed by atoms with Crippen LogP contribution in [0.25, 0.3) is 0 Å². The first-order valence-electron chi connectivity index (χ1n) is 8.02. The third kappa shape index (κ3) is 4.24. The lowest BCUT2D eigenvalue weighted by atomic mass is 9.91. The van der Waals surface area contributed by atoms with Gasteiger partial charge in [-0.1, -0.05) is 38.8 Å². The van der Waals surface area contributed by atoms with E-state index in [1.807, 2.05) is 19.9 Å². The molecule has 1 heterocycles. The van der Waals surface area contributed by atoms with Crippen molar-refractivity contribution in [3.63, 3.8) is 0 Å². The quantitative estimate of drug-likeness (QED) is 0.666. The zero-order valence-electron chi connectivity index (χ0n) is 14.3. The summed E-state index contributed by atoms with van der Waals surface area (Å²) in [6.45, 7) is 8.01. The Labute approximate surface area is 139 Å². The number of ether oxygens (including phenoxy) is 1. The molecule has 0 aromatic heterocycles. The summed E-state index contributed by atoms with van der Waals surface area (Å²) in [6, 6.07) is 5.71. The smallest absolute Gasteiger partial charge is 0.172 e. The molecule has 1 aliphatic rings. The standard InChI is InChI=1S/C19H23N3O/c1-5-7-14(8-6-2)9-10-17-16(13-22)18(15(11-20)12-21)23-19(17,3)4/h9-10,14H,5-8H2,1-4H3/b10-9+. The summed E-state index contributed by atoms with van der Waals surface area (Å²) in [5.41, 5.74) is 0.140. The molecule has 0 bridgehead atoms. The van der Waals surface area contributed by atoms with Crippen LogP contribution in [0.4, 0.5) is 0 Å². The molecule has 0 saturated heterocycles. The van der Waals surface area contributed by atoms with Crippen LogP contribution in [0.15, 0.2) is 34.6 Å². The van der Waals surface area contributed by atoms with Crippen molar-refractivity contribution in [2.45, 2.75) is 59.0 Å². The van der Waals surface area contributed by atoms with Crippen LogP contribution in [0.5, 0.6) is 0 Å². The van der Waals surface area contributed by atoms with E-state index in [0.29, 0.717) is 5.92 Å². The Hall–Kier alpha value is -2.51. The molecule has 0 aromatic carbocycles. The molecule has 0 spiro atoms. The predicted octanol–water partition coefficient (Wildman–Crippen LogP) is 4.69. The van der Waals surface area contributed by atoms with Gasteiger partial charge in [-0.05, 0) is 32.6 Å². The second-order valence-corrected chi connectivity index (χ2v) is 6.14. The molecule has 0 aromatic rings. The Morgan fingerprint density at radius 1 is 1.13 bits per heavy atom. The minimum absolute atomic E-state index is 0.102. The Morgan fingerprint density at radius 3 is 2.13 bits per heavy atom. The molecule has 0 radical (unpaired) electrons. The summed E-state index contributed by atoms with van der Waals surface area (Å²) >= 11 is 0. The zero-order valence-corrected chi connectivity index (χ0v) is 14.3. The zero-order chi connectivity index (χ0) is 17.5. The normalized spacial score (nSPS) is 16.2. The van der Waals surface area contributed by atoms with Gasteiger partial charge in [0.1, 0.15) is 29.4 Å². The summed E-state index contributed by atoms with van der Waals surface area (Å²) in [7, 11) is 0. The Kier molecular flexibility index (Phi) is 6.62. The number of nitrogens with zero attached hydrogens (tertiary/aromatic N) is 3. The van der Waals surface area contributed by atoms with E-state index in [2.05, 4.69) is 26.0 Å². The minimum atomic E-state index is -0.723. The van der Waals surface area contributed by atoms with E-state index in [4.69, 9.17) is 15.3 Å². The van der Waals surface area contributed by atoms with Crippen molar-refractivity contribution in [3.8, 4) is 18.2 Å². The molecule has 0 fully saturated rings. The van der Waals surface area contributed by atoms with Crippen LogP contribution >= 0.6 is 0 Å². The average molecular weight is 309 g/mol. The predicted molar refractivity (Wildman–Crippen MR) is 88.5 cm³/mol. The van der Waals surface area contributed by atoms with Gasteiger partial charge < -0.3 is 4.74 Å². The highest BCUT2D eigenvalue weighted by atomic mass is 16.5. The highest BCUT2D eigenvalue weighted by Gasteiger charge is 2.38. The van der Waals surface area contributed by atoms with Crippen molar-refractivity contribution >= 4 is 0 Å². The Balaban J connectivity index is 3.32. The lowest BCUT2D eigenvalue weighted by Crippen LogP contribution is -2.21. The first kappa shape index (κ1) is 18.5. The molecular weight excluding hydrogens is 286 g/mol. The van der Waals surface area contributed by atoms with Gasteiger partial charge in [0, 0.05) is 5.57 Å². The Morgan fingerprint density at radius 2 is 1.70 bits per heavy atom. The second-order valence-electron chi connectivity index (χ2n) is 6.14. The molecule has 4 nitrogen and oxygen atoms in total. The van der Waals surface area contributed by atoms with Crippen LogP contribution in [0, 0.1) is 39.9 Å². The van der Waals surface area contributed by atoms with Crippen molar-refractivity contribution in [2.75, 3.05) is 0 Å². The van der Waals surface area contributed by atoms with Gasteiger partial charge in [0.2, 0.25) is 0 Å². The maximum Gasteiger partial charge on any atom is 0.172 e. The minimum Gasteiger partial charge on any atom is -0.480 e. The van der Waals surface area contributed by atoms with Gasteiger partial charge in [-0.15, -0.1) is 0 Å². The first-order valence-corrected chi connectivity index (χ1v) is 8.02. The molecule has 1 aliphatic heterocycles. The highest BCUT2D eigenvalue weighted by Crippen LogP contribution is 2.40. The summed E-state index contributed by atoms with van der Waals surface area (Å²) in [5, 5.41) is 27.6. The van der Waals surface area contributed by atoms with Gasteiger partial charge in [-0.25, -0.2) is 0 Å². The molecule has 0 unspecified atom stereocenters. The van der Waals surface area contributed by atoms with E-state index in [1.54, 1.807) is 12.1 Å². The highest BCUT2D eigenvalue weighted by molar-refractivity contribution is 5.60. The number of hydrogen-bond donors (Lipinski definition) is 0. The number of rotatable bonds is 6. The van der Waals surface area contributed by atoms with Crippen molar-refractivity contribution in [1.82, 2.24) is 0 Å². The van der Waals surface area contributed by atoms with E-state index < -0.39 is 5.60 Å². The third-order valence-electron chi connectivity index (χ3n) is 3.92. The number of allylic oxidation sites excluding steroid dienone is 3. The van der Waals surface area contributed by atoms with Gasteiger partial charge in [0.15, 0.2) is 11.3 Å². The van der Waals surface area contributed by atoms with Crippen molar-refractivity contribution in [1.29, 1.82) is 15.8 Å².